The van der Waals surface area contributed by atoms with Crippen LogP contribution >= 0.6 is 11.8 Å². The predicted octanol–water partition coefficient (Wildman–Crippen LogP) is 4.70. The van der Waals surface area contributed by atoms with Gasteiger partial charge in [0.15, 0.2) is 0 Å². The van der Waals surface area contributed by atoms with E-state index in [0.717, 1.165) is 24.0 Å². The maximum Gasteiger partial charge on any atom is 0.242 e. The van der Waals surface area contributed by atoms with Crippen molar-refractivity contribution in [2.45, 2.75) is 52.0 Å². The van der Waals surface area contributed by atoms with Gasteiger partial charge in [-0.3, -0.25) is 9.59 Å². The Hall–Kier alpha value is -2.34. The monoisotopic (exact) mass is 430 g/mol. The second-order valence-corrected chi connectivity index (χ2v) is 8.40. The highest BCUT2D eigenvalue weighted by Crippen LogP contribution is 2.18. The number of hydrogen-bond donors (Lipinski definition) is 1. The van der Waals surface area contributed by atoms with E-state index in [1.54, 1.807) is 30.0 Å². The second-order valence-electron chi connectivity index (χ2n) is 7.42. The number of unbranched alkanes of at least 4 members (excludes halogenated alkanes) is 1. The highest BCUT2D eigenvalue weighted by molar-refractivity contribution is 7.99. The highest BCUT2D eigenvalue weighted by atomic mass is 32.2. The molecule has 4 nitrogen and oxygen atoms in total. The Morgan fingerprint density at radius 3 is 2.63 bits per heavy atom. The number of aryl methyl sites for hydroxylation is 1. The maximum absolute atomic E-state index is 13.8. The first-order chi connectivity index (χ1) is 14.4. The van der Waals surface area contributed by atoms with Gasteiger partial charge in [-0.1, -0.05) is 61.4 Å². The first-order valence-electron chi connectivity index (χ1n) is 10.4. The minimum Gasteiger partial charge on any atom is -0.354 e. The highest BCUT2D eigenvalue weighted by Gasteiger charge is 2.26. The molecule has 0 fully saturated rings. The molecule has 30 heavy (non-hydrogen) atoms. The molecule has 0 spiro atoms. The van der Waals surface area contributed by atoms with E-state index in [1.165, 1.54) is 17.8 Å². The van der Waals surface area contributed by atoms with Gasteiger partial charge in [0, 0.05) is 18.8 Å². The number of hydrogen-bond acceptors (Lipinski definition) is 3. The maximum atomic E-state index is 13.8. The number of nitrogens with one attached hydrogen (secondary N) is 1. The molecule has 2 aromatic rings. The van der Waals surface area contributed by atoms with Crippen LogP contribution in [0.15, 0.2) is 48.5 Å². The largest absolute Gasteiger partial charge is 0.354 e. The van der Waals surface area contributed by atoms with E-state index in [2.05, 4.69) is 12.2 Å². The number of benzene rings is 2. The van der Waals surface area contributed by atoms with Crippen molar-refractivity contribution in [2.75, 3.05) is 12.3 Å². The summed E-state index contributed by atoms with van der Waals surface area (Å²) in [5.74, 6) is 0.0535. The fraction of sp³-hybridized carbons (Fsp3) is 0.417. The fourth-order valence-corrected chi connectivity index (χ4v) is 3.97. The van der Waals surface area contributed by atoms with Crippen LogP contribution in [0.3, 0.4) is 0 Å². The van der Waals surface area contributed by atoms with Crippen molar-refractivity contribution in [3.8, 4) is 0 Å². The van der Waals surface area contributed by atoms with E-state index < -0.39 is 6.04 Å². The van der Waals surface area contributed by atoms with Crippen molar-refractivity contribution in [3.05, 3.63) is 71.0 Å². The van der Waals surface area contributed by atoms with Gasteiger partial charge in [0.25, 0.3) is 0 Å². The lowest BCUT2D eigenvalue weighted by Crippen LogP contribution is -2.48. The van der Waals surface area contributed by atoms with E-state index >= 15 is 0 Å². The van der Waals surface area contributed by atoms with Crippen molar-refractivity contribution in [1.29, 1.82) is 0 Å². The summed E-state index contributed by atoms with van der Waals surface area (Å²) >= 11 is 1.36. The van der Waals surface area contributed by atoms with Crippen molar-refractivity contribution in [1.82, 2.24) is 10.2 Å². The van der Waals surface area contributed by atoms with Gasteiger partial charge in [0.2, 0.25) is 11.8 Å². The van der Waals surface area contributed by atoms with Crippen LogP contribution in [0, 0.1) is 12.7 Å². The number of carbonyl (C=O) groups excluding carboxylic acids is 2. The Kier molecular flexibility index (Phi) is 9.87. The minimum atomic E-state index is -0.580. The molecule has 0 aromatic heterocycles. The zero-order chi connectivity index (χ0) is 21.9. The predicted molar refractivity (Wildman–Crippen MR) is 122 cm³/mol. The molecule has 1 atom stereocenters. The Bertz CT molecular complexity index is 843. The third-order valence-electron chi connectivity index (χ3n) is 4.87. The quantitative estimate of drug-likeness (QED) is 0.526. The summed E-state index contributed by atoms with van der Waals surface area (Å²) in [7, 11) is 0. The SMILES string of the molecule is CCCCNC(=O)[C@@H](C)N(Cc1cccc(C)c1)C(=O)CSCc1ccccc1F. The van der Waals surface area contributed by atoms with Crippen LogP contribution < -0.4 is 5.32 Å². The summed E-state index contributed by atoms with van der Waals surface area (Å²) in [5, 5.41) is 2.92. The fourth-order valence-electron chi connectivity index (χ4n) is 3.07. The molecule has 0 heterocycles. The topological polar surface area (TPSA) is 49.4 Å². The molecule has 0 saturated heterocycles. The van der Waals surface area contributed by atoms with Crippen LogP contribution in [-0.2, 0) is 21.9 Å². The third kappa shape index (κ3) is 7.48. The number of rotatable bonds is 11. The van der Waals surface area contributed by atoms with Gasteiger partial charge in [0.1, 0.15) is 11.9 Å². The summed E-state index contributed by atoms with van der Waals surface area (Å²) < 4.78 is 13.8. The van der Waals surface area contributed by atoms with Crippen molar-refractivity contribution >= 4 is 23.6 Å². The Balaban J connectivity index is 2.05. The van der Waals surface area contributed by atoms with Crippen LogP contribution in [-0.4, -0.2) is 35.1 Å². The third-order valence-corrected chi connectivity index (χ3v) is 5.84. The first kappa shape index (κ1) is 23.9. The lowest BCUT2D eigenvalue weighted by atomic mass is 10.1. The summed E-state index contributed by atoms with van der Waals surface area (Å²) in [5.41, 5.74) is 2.66. The molecule has 0 radical (unpaired) electrons. The molecule has 0 unspecified atom stereocenters. The lowest BCUT2D eigenvalue weighted by Gasteiger charge is -2.29. The van der Waals surface area contributed by atoms with E-state index in [1.807, 2.05) is 31.2 Å². The van der Waals surface area contributed by atoms with Gasteiger partial charge >= 0.3 is 0 Å². The molecular weight excluding hydrogens is 399 g/mol. The second kappa shape index (κ2) is 12.4. The summed E-state index contributed by atoms with van der Waals surface area (Å²) in [6.07, 6.45) is 1.90. The van der Waals surface area contributed by atoms with Gasteiger partial charge in [-0.05, 0) is 37.5 Å². The zero-order valence-corrected chi connectivity index (χ0v) is 18.8. The van der Waals surface area contributed by atoms with Gasteiger partial charge in [-0.2, -0.15) is 0 Å². The van der Waals surface area contributed by atoms with Crippen LogP contribution in [0.2, 0.25) is 0 Å². The summed E-state index contributed by atoms with van der Waals surface area (Å²) in [6.45, 7) is 6.80. The number of thioether (sulfide) groups is 1. The average molecular weight is 431 g/mol. The Morgan fingerprint density at radius 1 is 1.17 bits per heavy atom. The van der Waals surface area contributed by atoms with Gasteiger partial charge in [-0.25, -0.2) is 4.39 Å². The lowest BCUT2D eigenvalue weighted by molar-refractivity contribution is -0.138. The molecule has 0 saturated carbocycles. The van der Waals surface area contributed by atoms with Gasteiger partial charge < -0.3 is 10.2 Å². The molecule has 2 aromatic carbocycles. The normalized spacial score (nSPS) is 11.7. The summed E-state index contributed by atoms with van der Waals surface area (Å²) in [4.78, 5) is 27.2. The molecule has 0 bridgehead atoms. The number of amides is 2. The number of carbonyl (C=O) groups is 2. The number of nitrogens with zero attached hydrogens (tertiary/aromatic N) is 1. The van der Waals surface area contributed by atoms with E-state index in [0.29, 0.717) is 24.4 Å². The van der Waals surface area contributed by atoms with E-state index in [4.69, 9.17) is 0 Å². The molecular formula is C24H31FN2O2S. The molecule has 2 amide bonds. The van der Waals surface area contributed by atoms with Gasteiger partial charge in [0.05, 0.1) is 5.75 Å². The molecule has 2 rings (SSSR count). The molecule has 1 N–H and O–H groups in total. The smallest absolute Gasteiger partial charge is 0.242 e. The Morgan fingerprint density at radius 2 is 1.93 bits per heavy atom. The average Bonchev–Trinajstić information content (AvgIpc) is 2.73. The minimum absolute atomic E-state index is 0.129. The van der Waals surface area contributed by atoms with Crippen LogP contribution in [0.25, 0.3) is 0 Å². The molecule has 162 valence electrons. The number of halogens is 1. The van der Waals surface area contributed by atoms with Crippen LogP contribution in [0.1, 0.15) is 43.4 Å². The first-order valence-corrected chi connectivity index (χ1v) is 11.5. The van der Waals surface area contributed by atoms with Crippen LogP contribution in [0.5, 0.6) is 0 Å². The van der Waals surface area contributed by atoms with Crippen LogP contribution in [0.4, 0.5) is 4.39 Å². The molecule has 0 aliphatic rings. The van der Waals surface area contributed by atoms with Crippen molar-refractivity contribution in [2.24, 2.45) is 0 Å². The van der Waals surface area contributed by atoms with E-state index in [9.17, 15) is 14.0 Å². The van der Waals surface area contributed by atoms with Crippen molar-refractivity contribution < 1.29 is 14.0 Å². The zero-order valence-electron chi connectivity index (χ0n) is 18.0. The molecule has 0 aliphatic carbocycles. The standard InChI is InChI=1S/C24H31FN2O2S/c1-4-5-13-26-24(29)19(3)27(15-20-10-8-9-18(2)14-20)23(28)17-30-16-21-11-6-7-12-22(21)25/h6-12,14,19H,4-5,13,15-17H2,1-3H3,(H,26,29)/t19-/m1/s1. The summed E-state index contributed by atoms with van der Waals surface area (Å²) in [6, 6.07) is 13.9. The van der Waals surface area contributed by atoms with Gasteiger partial charge in [-0.15, -0.1) is 11.8 Å². The van der Waals surface area contributed by atoms with Crippen molar-refractivity contribution in [3.63, 3.8) is 0 Å². The molecule has 0 aliphatic heterocycles. The Labute approximate surface area is 183 Å². The molecule has 6 heteroatoms. The van der Waals surface area contributed by atoms with E-state index in [-0.39, 0.29) is 23.4 Å².